The molecule has 0 bridgehead atoms. The van der Waals surface area contributed by atoms with Crippen molar-refractivity contribution >= 4 is 6.09 Å². The number of aliphatic hydroxyl groups is 1. The van der Waals surface area contributed by atoms with Crippen molar-refractivity contribution in [2.45, 2.75) is 50.9 Å². The van der Waals surface area contributed by atoms with E-state index < -0.39 is 11.2 Å². The van der Waals surface area contributed by atoms with E-state index in [9.17, 15) is 14.7 Å². The van der Waals surface area contributed by atoms with Gasteiger partial charge in [0.1, 0.15) is 5.60 Å². The van der Waals surface area contributed by atoms with Crippen LogP contribution in [-0.2, 0) is 17.4 Å². The van der Waals surface area contributed by atoms with Crippen molar-refractivity contribution < 1.29 is 14.6 Å². The first-order valence-corrected chi connectivity index (χ1v) is 11.6. The Labute approximate surface area is 200 Å². The fourth-order valence-corrected chi connectivity index (χ4v) is 4.75. The topological polar surface area (TPSA) is 71.8 Å². The molecule has 1 fully saturated rings. The van der Waals surface area contributed by atoms with Crippen LogP contribution < -0.4 is 5.56 Å². The summed E-state index contributed by atoms with van der Waals surface area (Å²) in [5, 5.41) is 10.6. The molecule has 0 spiro atoms. The van der Waals surface area contributed by atoms with Gasteiger partial charge in [-0.3, -0.25) is 4.79 Å². The van der Waals surface area contributed by atoms with Crippen molar-refractivity contribution in [3.8, 4) is 11.1 Å². The van der Waals surface area contributed by atoms with Gasteiger partial charge in [-0.05, 0) is 49.1 Å². The molecule has 1 amide bonds. The van der Waals surface area contributed by atoms with Crippen LogP contribution in [0.5, 0.6) is 0 Å². The van der Waals surface area contributed by atoms with E-state index in [1.165, 1.54) is 4.57 Å². The fourth-order valence-electron chi connectivity index (χ4n) is 4.75. The van der Waals surface area contributed by atoms with Crippen LogP contribution in [0.4, 0.5) is 4.79 Å². The SMILES string of the molecule is CC(c1ccc(-c2ccn(C)c(=O)c2)cc1)N1CCC(CC(C)(C)O)(c2ccccc2)OC1=O. The molecule has 1 aliphatic heterocycles. The maximum Gasteiger partial charge on any atom is 0.411 e. The summed E-state index contributed by atoms with van der Waals surface area (Å²) in [6, 6.07) is 20.9. The lowest BCUT2D eigenvalue weighted by Crippen LogP contribution is -2.51. The molecule has 34 heavy (non-hydrogen) atoms. The normalized spacial score (nSPS) is 19.6. The second-order valence-corrected chi connectivity index (χ2v) is 9.82. The molecule has 1 N–H and O–H groups in total. The molecule has 2 unspecified atom stereocenters. The number of hydrogen-bond acceptors (Lipinski definition) is 4. The summed E-state index contributed by atoms with van der Waals surface area (Å²) in [7, 11) is 1.72. The predicted octanol–water partition coefficient (Wildman–Crippen LogP) is 5.01. The highest BCUT2D eigenvalue weighted by Gasteiger charge is 2.46. The Kier molecular flexibility index (Phi) is 6.36. The van der Waals surface area contributed by atoms with Crippen molar-refractivity contribution in [2.24, 2.45) is 7.05 Å². The van der Waals surface area contributed by atoms with Crippen LogP contribution in [0.25, 0.3) is 11.1 Å². The minimum absolute atomic E-state index is 0.0565. The maximum atomic E-state index is 13.2. The first-order valence-electron chi connectivity index (χ1n) is 11.6. The number of nitrogens with zero attached hydrogens (tertiary/aromatic N) is 2. The molecule has 3 aromatic rings. The molecule has 4 rings (SSSR count). The molecule has 2 heterocycles. The highest BCUT2D eigenvalue weighted by molar-refractivity contribution is 5.70. The number of carbonyl (C=O) groups is 1. The molecule has 1 saturated heterocycles. The van der Waals surface area contributed by atoms with Crippen molar-refractivity contribution in [1.82, 2.24) is 9.47 Å². The lowest BCUT2D eigenvalue weighted by Gasteiger charge is -2.45. The van der Waals surface area contributed by atoms with Crippen LogP contribution in [0.1, 0.15) is 50.8 Å². The van der Waals surface area contributed by atoms with Gasteiger partial charge in [0.15, 0.2) is 0 Å². The molecule has 6 heteroatoms. The zero-order valence-corrected chi connectivity index (χ0v) is 20.2. The molecular weight excluding hydrogens is 428 g/mol. The van der Waals surface area contributed by atoms with Gasteiger partial charge in [0.05, 0.1) is 11.6 Å². The first-order chi connectivity index (χ1) is 16.1. The Morgan fingerprint density at radius 3 is 2.29 bits per heavy atom. The van der Waals surface area contributed by atoms with Crippen LogP contribution in [0, 0.1) is 0 Å². The Morgan fingerprint density at radius 1 is 1.03 bits per heavy atom. The standard InChI is InChI=1S/C28H32N2O4/c1-20(21-10-12-22(13-11-21)23-14-16-29(4)25(31)18-23)30-17-15-28(34-26(30)32,19-27(2,3)33)24-8-6-5-7-9-24/h5-14,16,18,20,33H,15,17,19H2,1-4H3. The zero-order chi connectivity index (χ0) is 24.5. The van der Waals surface area contributed by atoms with E-state index >= 15 is 0 Å². The molecule has 0 radical (unpaired) electrons. The van der Waals surface area contributed by atoms with Crippen LogP contribution in [0.15, 0.2) is 77.7 Å². The van der Waals surface area contributed by atoms with Crippen LogP contribution in [0.3, 0.4) is 0 Å². The van der Waals surface area contributed by atoms with E-state index in [4.69, 9.17) is 4.74 Å². The lowest BCUT2D eigenvalue weighted by atomic mass is 9.80. The summed E-state index contributed by atoms with van der Waals surface area (Å²) >= 11 is 0. The van der Waals surface area contributed by atoms with Crippen LogP contribution in [0.2, 0.25) is 0 Å². The van der Waals surface area contributed by atoms with Crippen molar-refractivity contribution in [3.63, 3.8) is 0 Å². The quantitative estimate of drug-likeness (QED) is 0.561. The van der Waals surface area contributed by atoms with E-state index in [1.54, 1.807) is 38.1 Å². The number of hydrogen-bond donors (Lipinski definition) is 1. The predicted molar refractivity (Wildman–Crippen MR) is 132 cm³/mol. The van der Waals surface area contributed by atoms with Gasteiger partial charge in [-0.2, -0.15) is 0 Å². The number of pyridine rings is 1. The van der Waals surface area contributed by atoms with Gasteiger partial charge >= 0.3 is 6.09 Å². The Balaban J connectivity index is 1.54. The Morgan fingerprint density at radius 2 is 1.71 bits per heavy atom. The van der Waals surface area contributed by atoms with E-state index in [0.29, 0.717) is 19.4 Å². The van der Waals surface area contributed by atoms with E-state index in [-0.39, 0.29) is 17.7 Å². The molecule has 178 valence electrons. The lowest BCUT2D eigenvalue weighted by molar-refractivity contribution is -0.101. The van der Waals surface area contributed by atoms with Crippen molar-refractivity contribution in [1.29, 1.82) is 0 Å². The monoisotopic (exact) mass is 460 g/mol. The number of amides is 1. The summed E-state index contributed by atoms with van der Waals surface area (Å²) in [6.45, 7) is 5.98. The largest absolute Gasteiger partial charge is 0.438 e. The molecule has 0 aliphatic carbocycles. The third-order valence-corrected chi connectivity index (χ3v) is 6.59. The Bertz CT molecular complexity index is 1210. The summed E-state index contributed by atoms with van der Waals surface area (Å²) in [6.07, 6.45) is 2.28. The number of ether oxygens (including phenoxy) is 1. The van der Waals surface area contributed by atoms with E-state index in [0.717, 1.165) is 22.3 Å². The zero-order valence-electron chi connectivity index (χ0n) is 20.2. The van der Waals surface area contributed by atoms with Gasteiger partial charge in [-0.1, -0.05) is 54.6 Å². The first kappa shape index (κ1) is 23.8. The minimum atomic E-state index is -0.988. The van der Waals surface area contributed by atoms with Crippen molar-refractivity contribution in [3.05, 3.63) is 94.4 Å². The summed E-state index contributed by atoms with van der Waals surface area (Å²) in [5.41, 5.74) is 1.78. The van der Waals surface area contributed by atoms with Gasteiger partial charge in [0, 0.05) is 38.7 Å². The highest BCUT2D eigenvalue weighted by atomic mass is 16.6. The number of benzene rings is 2. The number of aryl methyl sites for hydroxylation is 1. The fraction of sp³-hybridized carbons (Fsp3) is 0.357. The molecule has 1 aromatic heterocycles. The summed E-state index contributed by atoms with van der Waals surface area (Å²) in [5.74, 6) is 0. The molecule has 1 aliphatic rings. The van der Waals surface area contributed by atoms with Crippen LogP contribution >= 0.6 is 0 Å². The summed E-state index contributed by atoms with van der Waals surface area (Å²) < 4.78 is 7.64. The van der Waals surface area contributed by atoms with Crippen molar-refractivity contribution in [2.75, 3.05) is 6.54 Å². The van der Waals surface area contributed by atoms with Gasteiger partial charge in [-0.15, -0.1) is 0 Å². The van der Waals surface area contributed by atoms with Gasteiger partial charge in [-0.25, -0.2) is 4.79 Å². The third-order valence-electron chi connectivity index (χ3n) is 6.59. The average Bonchev–Trinajstić information content (AvgIpc) is 2.80. The average molecular weight is 461 g/mol. The maximum absolute atomic E-state index is 13.2. The molecule has 6 nitrogen and oxygen atoms in total. The van der Waals surface area contributed by atoms with Gasteiger partial charge in [0.25, 0.3) is 5.56 Å². The van der Waals surface area contributed by atoms with Gasteiger partial charge in [0.2, 0.25) is 0 Å². The second kappa shape index (κ2) is 9.11. The van der Waals surface area contributed by atoms with Gasteiger partial charge < -0.3 is 19.3 Å². The number of carbonyl (C=O) groups excluding carboxylic acids is 1. The van der Waals surface area contributed by atoms with E-state index in [2.05, 4.69) is 0 Å². The highest BCUT2D eigenvalue weighted by Crippen LogP contribution is 2.42. The van der Waals surface area contributed by atoms with E-state index in [1.807, 2.05) is 67.6 Å². The third kappa shape index (κ3) is 4.92. The number of aromatic nitrogens is 1. The van der Waals surface area contributed by atoms with Crippen LogP contribution in [-0.4, -0.2) is 32.8 Å². The molecule has 0 saturated carbocycles. The smallest absolute Gasteiger partial charge is 0.411 e. The number of cyclic esters (lactones) is 1. The molecule has 2 aromatic carbocycles. The summed E-state index contributed by atoms with van der Waals surface area (Å²) in [4.78, 5) is 26.9. The minimum Gasteiger partial charge on any atom is -0.438 e. The molecule has 2 atom stereocenters. The number of rotatable bonds is 6. The second-order valence-electron chi connectivity index (χ2n) is 9.82. The molecular formula is C28H32N2O4. The Hall–Kier alpha value is -3.38.